The predicted octanol–water partition coefficient (Wildman–Crippen LogP) is 12.7. The number of hydrogen-bond donors (Lipinski definition) is 0. The van der Waals surface area contributed by atoms with Crippen LogP contribution in [0.3, 0.4) is 0 Å². The smallest absolute Gasteiger partial charge is 0.167 e. The number of nitrogens with zero attached hydrogens (tertiary/aromatic N) is 4. The number of hydrogen-bond acceptors (Lipinski definition) is 4. The lowest BCUT2D eigenvalue weighted by atomic mass is 9.94. The molecule has 3 heterocycles. The minimum atomic E-state index is -0.494. The number of rotatable bonds is 5. The van der Waals surface area contributed by atoms with Gasteiger partial charge < -0.3 is 8.98 Å². The Hall–Kier alpha value is -7.37. The fourth-order valence-electron chi connectivity index (χ4n) is 7.78. The van der Waals surface area contributed by atoms with Gasteiger partial charge in [0.25, 0.3) is 0 Å². The van der Waals surface area contributed by atoms with Crippen molar-refractivity contribution in [3.05, 3.63) is 182 Å². The lowest BCUT2D eigenvalue weighted by Gasteiger charge is -2.13. The van der Waals surface area contributed by atoms with Crippen molar-refractivity contribution >= 4 is 54.5 Å². The first kappa shape index (κ1) is 25.6. The van der Waals surface area contributed by atoms with Crippen LogP contribution in [0.2, 0.25) is 0 Å². The molecule has 11 aromatic rings. The molecule has 0 bridgehead atoms. The zero-order valence-electron chi connectivity index (χ0n) is 33.6. The van der Waals surface area contributed by atoms with E-state index in [1.807, 2.05) is 78.9 Å². The van der Waals surface area contributed by atoms with Gasteiger partial charge in [0.05, 0.1) is 23.5 Å². The molecule has 8 aromatic carbocycles. The molecule has 0 aliphatic carbocycles. The first-order chi connectivity index (χ1) is 28.9. The molecule has 3 aromatic heterocycles. The van der Waals surface area contributed by atoms with E-state index in [9.17, 15) is 0 Å². The molecule has 0 N–H and O–H groups in total. The third-order valence-electron chi connectivity index (χ3n) is 10.1. The second-order valence-corrected chi connectivity index (χ2v) is 13.2. The number of para-hydroxylation sites is 2. The number of furan rings is 1. The van der Waals surface area contributed by atoms with Crippen LogP contribution in [0.4, 0.5) is 0 Å². The van der Waals surface area contributed by atoms with E-state index in [-0.39, 0.29) is 23.0 Å². The zero-order valence-corrected chi connectivity index (χ0v) is 28.6. The highest BCUT2D eigenvalue weighted by Crippen LogP contribution is 2.44. The van der Waals surface area contributed by atoms with Crippen molar-refractivity contribution in [3.8, 4) is 51.0 Å². The molecule has 0 aliphatic rings. The molecule has 5 nitrogen and oxygen atoms in total. The van der Waals surface area contributed by atoms with Gasteiger partial charge in [0.2, 0.25) is 0 Å². The fraction of sp³-hybridized carbons (Fsp3) is 0. The molecule has 0 aliphatic heterocycles. The third-order valence-corrected chi connectivity index (χ3v) is 10.1. The number of aromatic nitrogens is 4. The summed E-state index contributed by atoms with van der Waals surface area (Å²) in [6, 6.07) is 48.7. The van der Waals surface area contributed by atoms with Crippen molar-refractivity contribution in [2.75, 3.05) is 0 Å². The summed E-state index contributed by atoms with van der Waals surface area (Å²) in [6.07, 6.45) is 0. The van der Waals surface area contributed by atoms with Gasteiger partial charge in [-0.3, -0.25) is 0 Å². The molecule has 0 radical (unpaired) electrons. The van der Waals surface area contributed by atoms with Gasteiger partial charge in [-0.2, -0.15) is 0 Å². The minimum absolute atomic E-state index is 0.0474. The Morgan fingerprint density at radius 1 is 0.463 bits per heavy atom. The summed E-state index contributed by atoms with van der Waals surface area (Å²) < 4.78 is 52.1. The molecular formula is C49H30N4O. The van der Waals surface area contributed by atoms with E-state index in [2.05, 4.69) is 77.4 Å². The highest BCUT2D eigenvalue weighted by atomic mass is 16.3. The van der Waals surface area contributed by atoms with Crippen LogP contribution in [-0.2, 0) is 0 Å². The Kier molecular flexibility index (Phi) is 5.73. The summed E-state index contributed by atoms with van der Waals surface area (Å²) in [5.41, 5.74) is 7.25. The number of benzene rings is 8. The second-order valence-electron chi connectivity index (χ2n) is 13.2. The third kappa shape index (κ3) is 4.76. The summed E-state index contributed by atoms with van der Waals surface area (Å²) >= 11 is 0. The number of fused-ring (bicyclic) bond motifs is 7. The predicted molar refractivity (Wildman–Crippen MR) is 221 cm³/mol. The standard InChI is InChI=1S/C49H30N4O/c1-3-16-32(17-4-1)47-50-48(33-18-5-2-6-19-33)52-49(51-47)41-30-34(53-42-26-11-9-22-37(42)38-23-10-12-27-43(38)53)29-40-45-39(25-14-28-44(45)54-46(40)41)36-24-13-20-31-15-7-8-21-35(31)36/h1-30H/i1D,3D,4D,16D,17D. The van der Waals surface area contributed by atoms with Crippen molar-refractivity contribution in [2.24, 2.45) is 0 Å². The van der Waals surface area contributed by atoms with Gasteiger partial charge in [0, 0.05) is 38.4 Å². The summed E-state index contributed by atoms with van der Waals surface area (Å²) in [5.74, 6) is 0.452. The Morgan fingerprint density at radius 2 is 1.07 bits per heavy atom. The van der Waals surface area contributed by atoms with Gasteiger partial charge in [-0.25, -0.2) is 15.0 Å². The second kappa shape index (κ2) is 12.1. The average molecular weight is 696 g/mol. The van der Waals surface area contributed by atoms with E-state index < -0.39 is 30.2 Å². The molecule has 11 rings (SSSR count). The summed E-state index contributed by atoms with van der Waals surface area (Å²) in [5, 5.41) is 6.21. The topological polar surface area (TPSA) is 56.7 Å². The maximum absolute atomic E-state index is 8.88. The molecule has 54 heavy (non-hydrogen) atoms. The minimum Gasteiger partial charge on any atom is -0.455 e. The lowest BCUT2D eigenvalue weighted by molar-refractivity contribution is 0.669. The van der Waals surface area contributed by atoms with Crippen LogP contribution in [0.1, 0.15) is 6.85 Å². The molecule has 0 fully saturated rings. The van der Waals surface area contributed by atoms with Gasteiger partial charge in [-0.05, 0) is 52.2 Å². The van der Waals surface area contributed by atoms with Crippen molar-refractivity contribution in [2.45, 2.75) is 0 Å². The van der Waals surface area contributed by atoms with E-state index in [1.165, 1.54) is 0 Å². The van der Waals surface area contributed by atoms with Gasteiger partial charge >= 0.3 is 0 Å². The van der Waals surface area contributed by atoms with Crippen molar-refractivity contribution in [1.82, 2.24) is 19.5 Å². The Balaban J connectivity index is 1.29. The largest absolute Gasteiger partial charge is 0.455 e. The maximum Gasteiger partial charge on any atom is 0.167 e. The van der Waals surface area contributed by atoms with Crippen molar-refractivity contribution in [1.29, 1.82) is 0 Å². The van der Waals surface area contributed by atoms with E-state index in [1.54, 1.807) is 0 Å². The van der Waals surface area contributed by atoms with Crippen LogP contribution in [-0.4, -0.2) is 19.5 Å². The van der Waals surface area contributed by atoms with E-state index in [4.69, 9.17) is 26.2 Å². The first-order valence-electron chi connectivity index (χ1n) is 20.2. The Morgan fingerprint density at radius 3 is 1.85 bits per heavy atom. The lowest BCUT2D eigenvalue weighted by Crippen LogP contribution is -2.01. The van der Waals surface area contributed by atoms with Gasteiger partial charge in [0.15, 0.2) is 17.5 Å². The molecule has 5 heteroatoms. The Bertz CT molecular complexity index is 3440. The monoisotopic (exact) mass is 695 g/mol. The molecule has 252 valence electrons. The molecule has 0 spiro atoms. The van der Waals surface area contributed by atoms with E-state index >= 15 is 0 Å². The highest BCUT2D eigenvalue weighted by Gasteiger charge is 2.23. The van der Waals surface area contributed by atoms with Crippen molar-refractivity contribution < 1.29 is 11.3 Å². The highest BCUT2D eigenvalue weighted by molar-refractivity contribution is 6.18. The molecular weight excluding hydrogens is 661 g/mol. The summed E-state index contributed by atoms with van der Waals surface area (Å²) in [6.45, 7) is 0. The molecule has 0 saturated heterocycles. The quantitative estimate of drug-likeness (QED) is 0.180. The van der Waals surface area contributed by atoms with Crippen LogP contribution >= 0.6 is 0 Å². The maximum atomic E-state index is 8.88. The van der Waals surface area contributed by atoms with Gasteiger partial charge in [-0.15, -0.1) is 0 Å². The SMILES string of the molecule is [2H]c1c([2H])c([2H])c(-c2nc(-c3ccccc3)nc(-c3cc(-n4c5ccccc5c5ccccc54)cc4c3oc3cccc(-c5cccc6ccccc56)c34)n2)c([2H])c1[2H]. The van der Waals surface area contributed by atoms with Gasteiger partial charge in [-0.1, -0.05) is 152 Å². The normalized spacial score (nSPS) is 13.0. The average Bonchev–Trinajstić information content (AvgIpc) is 3.83. The zero-order chi connectivity index (χ0) is 39.9. The molecule has 0 saturated carbocycles. The van der Waals surface area contributed by atoms with Crippen LogP contribution in [0.5, 0.6) is 0 Å². The van der Waals surface area contributed by atoms with Crippen LogP contribution in [0, 0.1) is 0 Å². The van der Waals surface area contributed by atoms with E-state index in [0.29, 0.717) is 22.3 Å². The molecule has 0 atom stereocenters. The summed E-state index contributed by atoms with van der Waals surface area (Å²) in [4.78, 5) is 14.8. The van der Waals surface area contributed by atoms with Crippen molar-refractivity contribution in [3.63, 3.8) is 0 Å². The molecule has 0 amide bonds. The van der Waals surface area contributed by atoms with Crippen LogP contribution in [0.25, 0.3) is 105 Å². The van der Waals surface area contributed by atoms with E-state index in [0.717, 1.165) is 60.2 Å². The summed E-state index contributed by atoms with van der Waals surface area (Å²) in [7, 11) is 0. The van der Waals surface area contributed by atoms with Crippen LogP contribution in [0.15, 0.2) is 186 Å². The fourth-order valence-corrected chi connectivity index (χ4v) is 7.78. The van der Waals surface area contributed by atoms with Crippen LogP contribution < -0.4 is 0 Å². The first-order valence-corrected chi connectivity index (χ1v) is 17.7. The Labute approximate surface area is 317 Å². The van der Waals surface area contributed by atoms with Gasteiger partial charge in [0.1, 0.15) is 11.2 Å². The molecule has 0 unspecified atom stereocenters.